The van der Waals surface area contributed by atoms with Crippen molar-refractivity contribution in [3.8, 4) is 0 Å². The molecule has 146 valence electrons. The van der Waals surface area contributed by atoms with E-state index in [4.69, 9.17) is 0 Å². The van der Waals surface area contributed by atoms with Crippen LogP contribution in [0, 0.1) is 5.82 Å². The van der Waals surface area contributed by atoms with E-state index in [2.05, 4.69) is 21.6 Å². The van der Waals surface area contributed by atoms with Crippen LogP contribution in [0.25, 0.3) is 10.9 Å². The Labute approximate surface area is 162 Å². The number of amides is 1. The Kier molecular flexibility index (Phi) is 5.91. The SMILES string of the molecule is C=CCNS(=O)(=O)c1cc(C(=O)NCCc2c[nH]c3ccccc23)ccc1F. The van der Waals surface area contributed by atoms with Crippen LogP contribution < -0.4 is 10.0 Å². The van der Waals surface area contributed by atoms with Gasteiger partial charge in [-0.25, -0.2) is 17.5 Å². The molecule has 0 saturated carbocycles. The lowest BCUT2D eigenvalue weighted by atomic mass is 10.1. The van der Waals surface area contributed by atoms with Gasteiger partial charge in [0.15, 0.2) is 0 Å². The third-order valence-electron chi connectivity index (χ3n) is 4.26. The number of carbonyl (C=O) groups is 1. The molecule has 0 aliphatic heterocycles. The van der Waals surface area contributed by atoms with Gasteiger partial charge in [-0.3, -0.25) is 4.79 Å². The molecule has 1 amide bonds. The minimum absolute atomic E-state index is 0.0389. The number of halogens is 1. The summed E-state index contributed by atoms with van der Waals surface area (Å²) in [7, 11) is -4.07. The monoisotopic (exact) mass is 401 g/mol. The highest BCUT2D eigenvalue weighted by molar-refractivity contribution is 7.89. The van der Waals surface area contributed by atoms with Gasteiger partial charge in [-0.2, -0.15) is 0 Å². The number of fused-ring (bicyclic) bond motifs is 1. The molecule has 3 rings (SSSR count). The largest absolute Gasteiger partial charge is 0.361 e. The second-order valence-electron chi connectivity index (χ2n) is 6.15. The molecule has 3 aromatic rings. The number of aromatic amines is 1. The zero-order valence-corrected chi connectivity index (χ0v) is 15.9. The van der Waals surface area contributed by atoms with Crippen molar-refractivity contribution in [1.29, 1.82) is 0 Å². The smallest absolute Gasteiger partial charge is 0.251 e. The van der Waals surface area contributed by atoms with Crippen molar-refractivity contribution in [2.45, 2.75) is 11.3 Å². The molecule has 1 heterocycles. The first kappa shape index (κ1) is 19.8. The normalized spacial score (nSPS) is 11.5. The molecule has 0 aliphatic rings. The zero-order chi connectivity index (χ0) is 20.1. The lowest BCUT2D eigenvalue weighted by Gasteiger charge is -2.09. The van der Waals surface area contributed by atoms with Crippen molar-refractivity contribution in [2.75, 3.05) is 13.1 Å². The number of rotatable bonds is 8. The van der Waals surface area contributed by atoms with E-state index < -0.39 is 26.6 Å². The molecular weight excluding hydrogens is 381 g/mol. The van der Waals surface area contributed by atoms with Crippen LogP contribution in [0.1, 0.15) is 15.9 Å². The molecule has 0 fully saturated rings. The fourth-order valence-corrected chi connectivity index (χ4v) is 3.95. The molecule has 3 N–H and O–H groups in total. The third kappa shape index (κ3) is 4.29. The fraction of sp³-hybridized carbons (Fsp3) is 0.150. The number of benzene rings is 2. The van der Waals surface area contributed by atoms with Crippen LogP contribution in [-0.4, -0.2) is 32.4 Å². The van der Waals surface area contributed by atoms with Crippen LogP contribution in [0.15, 0.2) is 66.2 Å². The zero-order valence-electron chi connectivity index (χ0n) is 15.0. The van der Waals surface area contributed by atoms with Crippen LogP contribution >= 0.6 is 0 Å². The van der Waals surface area contributed by atoms with Gasteiger partial charge in [0.2, 0.25) is 10.0 Å². The topological polar surface area (TPSA) is 91.1 Å². The van der Waals surface area contributed by atoms with E-state index in [1.807, 2.05) is 30.5 Å². The van der Waals surface area contributed by atoms with Gasteiger partial charge in [0.05, 0.1) is 0 Å². The Balaban J connectivity index is 1.69. The van der Waals surface area contributed by atoms with Crippen LogP contribution in [-0.2, 0) is 16.4 Å². The van der Waals surface area contributed by atoms with Gasteiger partial charge in [-0.1, -0.05) is 24.3 Å². The number of aromatic nitrogens is 1. The summed E-state index contributed by atoms with van der Waals surface area (Å²) in [5.74, 6) is -1.40. The van der Waals surface area contributed by atoms with Crippen molar-refractivity contribution in [2.24, 2.45) is 0 Å². The highest BCUT2D eigenvalue weighted by Gasteiger charge is 2.20. The highest BCUT2D eigenvalue weighted by Crippen LogP contribution is 2.18. The summed E-state index contributed by atoms with van der Waals surface area (Å²) in [6.07, 6.45) is 3.84. The van der Waals surface area contributed by atoms with Crippen LogP contribution in [0.5, 0.6) is 0 Å². The molecule has 6 nitrogen and oxygen atoms in total. The average molecular weight is 401 g/mol. The summed E-state index contributed by atoms with van der Waals surface area (Å²) < 4.78 is 40.4. The second-order valence-corrected chi connectivity index (χ2v) is 7.89. The highest BCUT2D eigenvalue weighted by atomic mass is 32.2. The maximum Gasteiger partial charge on any atom is 0.251 e. The minimum atomic E-state index is -4.07. The molecule has 0 bridgehead atoms. The molecule has 2 aromatic carbocycles. The van der Waals surface area contributed by atoms with E-state index in [9.17, 15) is 17.6 Å². The lowest BCUT2D eigenvalue weighted by molar-refractivity contribution is 0.0954. The van der Waals surface area contributed by atoms with Gasteiger partial charge in [0.1, 0.15) is 10.7 Å². The summed E-state index contributed by atoms with van der Waals surface area (Å²) in [6.45, 7) is 3.73. The number of nitrogens with one attached hydrogen (secondary N) is 3. The number of H-pyrrole nitrogens is 1. The third-order valence-corrected chi connectivity index (χ3v) is 5.69. The standard InChI is InChI=1S/C20H20FN3O3S/c1-2-10-24-28(26,27)19-12-14(7-8-17(19)21)20(25)22-11-9-15-13-23-18-6-4-3-5-16(15)18/h2-8,12-13,23-24H,1,9-11H2,(H,22,25). The first-order chi connectivity index (χ1) is 13.4. The summed E-state index contributed by atoms with van der Waals surface area (Å²) in [5, 5.41) is 3.82. The van der Waals surface area contributed by atoms with E-state index in [0.717, 1.165) is 28.6 Å². The molecule has 0 atom stereocenters. The first-order valence-electron chi connectivity index (χ1n) is 8.65. The molecule has 0 aliphatic carbocycles. The molecule has 0 saturated heterocycles. The van der Waals surface area contributed by atoms with Crippen molar-refractivity contribution in [3.63, 3.8) is 0 Å². The van der Waals surface area contributed by atoms with Crippen molar-refractivity contribution in [1.82, 2.24) is 15.0 Å². The van der Waals surface area contributed by atoms with Crippen molar-refractivity contribution in [3.05, 3.63) is 78.3 Å². The second kappa shape index (κ2) is 8.37. The van der Waals surface area contributed by atoms with E-state index in [-0.39, 0.29) is 12.1 Å². The molecule has 8 heteroatoms. The van der Waals surface area contributed by atoms with E-state index in [1.54, 1.807) is 0 Å². The predicted octanol–water partition coefficient (Wildman–Crippen LogP) is 2.74. The van der Waals surface area contributed by atoms with Crippen LogP contribution in [0.4, 0.5) is 4.39 Å². The molecule has 0 unspecified atom stereocenters. The summed E-state index contributed by atoms with van der Waals surface area (Å²) >= 11 is 0. The predicted molar refractivity (Wildman–Crippen MR) is 106 cm³/mol. The quantitative estimate of drug-likeness (QED) is 0.507. The number of hydrogen-bond acceptors (Lipinski definition) is 3. The van der Waals surface area contributed by atoms with Gasteiger partial charge < -0.3 is 10.3 Å². The number of para-hydroxylation sites is 1. The van der Waals surface area contributed by atoms with E-state index in [0.29, 0.717) is 13.0 Å². The number of hydrogen-bond donors (Lipinski definition) is 3. The van der Waals surface area contributed by atoms with E-state index in [1.165, 1.54) is 12.1 Å². The van der Waals surface area contributed by atoms with Gasteiger partial charge in [-0.15, -0.1) is 6.58 Å². The van der Waals surface area contributed by atoms with Gasteiger partial charge in [0, 0.05) is 35.8 Å². The van der Waals surface area contributed by atoms with Gasteiger partial charge in [0.25, 0.3) is 5.91 Å². The van der Waals surface area contributed by atoms with Crippen LogP contribution in [0.2, 0.25) is 0 Å². The minimum Gasteiger partial charge on any atom is -0.361 e. The van der Waals surface area contributed by atoms with Crippen molar-refractivity contribution < 1.29 is 17.6 Å². The number of sulfonamides is 1. The summed E-state index contributed by atoms with van der Waals surface area (Å²) in [6, 6.07) is 11.1. The van der Waals surface area contributed by atoms with Crippen molar-refractivity contribution >= 4 is 26.8 Å². The Hall–Kier alpha value is -2.97. The lowest BCUT2D eigenvalue weighted by Crippen LogP contribution is -2.27. The molecule has 1 aromatic heterocycles. The molecule has 0 radical (unpaired) electrons. The molecule has 0 spiro atoms. The van der Waals surface area contributed by atoms with Gasteiger partial charge >= 0.3 is 0 Å². The Morgan fingerprint density at radius 1 is 1.21 bits per heavy atom. The average Bonchev–Trinajstić information content (AvgIpc) is 3.10. The first-order valence-corrected chi connectivity index (χ1v) is 10.1. The van der Waals surface area contributed by atoms with E-state index >= 15 is 0 Å². The Bertz CT molecular complexity index is 1120. The van der Waals surface area contributed by atoms with Gasteiger partial charge in [-0.05, 0) is 36.2 Å². The maximum atomic E-state index is 14.0. The maximum absolute atomic E-state index is 14.0. The molecule has 28 heavy (non-hydrogen) atoms. The molecular formula is C20H20FN3O3S. The number of carbonyl (C=O) groups excluding carboxylic acids is 1. The summed E-state index contributed by atoms with van der Waals surface area (Å²) in [5.41, 5.74) is 2.15. The fourth-order valence-electron chi connectivity index (χ4n) is 2.85. The Morgan fingerprint density at radius 2 is 2.00 bits per heavy atom. The van der Waals surface area contributed by atoms with Crippen LogP contribution in [0.3, 0.4) is 0 Å². The summed E-state index contributed by atoms with van der Waals surface area (Å²) in [4.78, 5) is 15.0. The Morgan fingerprint density at radius 3 is 2.79 bits per heavy atom.